The first-order valence-electron chi connectivity index (χ1n) is 8.03. The van der Waals surface area contributed by atoms with Crippen molar-refractivity contribution in [1.29, 1.82) is 0 Å². The van der Waals surface area contributed by atoms with Crippen molar-refractivity contribution in [2.24, 2.45) is 5.92 Å². The largest absolute Gasteiger partial charge is 0.376 e. The first-order valence-corrected chi connectivity index (χ1v) is 9.92. The van der Waals surface area contributed by atoms with Gasteiger partial charge in [0.2, 0.25) is 10.0 Å². The van der Waals surface area contributed by atoms with Crippen LogP contribution in [0.4, 0.5) is 4.79 Å². The molecule has 128 valence electrons. The fourth-order valence-electron chi connectivity index (χ4n) is 2.97. The van der Waals surface area contributed by atoms with Gasteiger partial charge in [0.05, 0.1) is 12.4 Å². The molecule has 2 saturated heterocycles. The lowest BCUT2D eigenvalue weighted by molar-refractivity contribution is 0.0175. The highest BCUT2D eigenvalue weighted by Gasteiger charge is 2.25. The lowest BCUT2D eigenvalue weighted by Crippen LogP contribution is -2.49. The molecule has 0 saturated carbocycles. The molecule has 2 atom stereocenters. The van der Waals surface area contributed by atoms with E-state index in [2.05, 4.69) is 10.0 Å². The molecule has 0 radical (unpaired) electrons. The zero-order valence-corrected chi connectivity index (χ0v) is 14.0. The molecule has 2 aliphatic heterocycles. The van der Waals surface area contributed by atoms with E-state index in [1.807, 2.05) is 0 Å². The van der Waals surface area contributed by atoms with E-state index < -0.39 is 10.0 Å². The normalized spacial score (nSPS) is 26.7. The van der Waals surface area contributed by atoms with Gasteiger partial charge in [-0.2, -0.15) is 0 Å². The van der Waals surface area contributed by atoms with Crippen molar-refractivity contribution in [2.45, 2.75) is 38.2 Å². The van der Waals surface area contributed by atoms with Crippen molar-refractivity contribution < 1.29 is 17.9 Å². The van der Waals surface area contributed by atoms with Gasteiger partial charge >= 0.3 is 6.03 Å². The highest BCUT2D eigenvalue weighted by molar-refractivity contribution is 7.88. The van der Waals surface area contributed by atoms with Crippen LogP contribution < -0.4 is 10.0 Å². The predicted octanol–water partition coefficient (Wildman–Crippen LogP) is 0.526. The second kappa shape index (κ2) is 8.12. The van der Waals surface area contributed by atoms with Crippen LogP contribution >= 0.6 is 0 Å². The first-order chi connectivity index (χ1) is 10.4. The molecule has 8 heteroatoms. The van der Waals surface area contributed by atoms with Crippen molar-refractivity contribution in [1.82, 2.24) is 14.9 Å². The van der Waals surface area contributed by atoms with Gasteiger partial charge in [-0.3, -0.25) is 0 Å². The first kappa shape index (κ1) is 17.5. The van der Waals surface area contributed by atoms with Gasteiger partial charge in [-0.25, -0.2) is 17.9 Å². The fraction of sp³-hybridized carbons (Fsp3) is 0.929. The van der Waals surface area contributed by atoms with Crippen LogP contribution in [0.5, 0.6) is 0 Å². The number of sulfonamides is 1. The van der Waals surface area contributed by atoms with E-state index in [0.717, 1.165) is 51.5 Å². The molecule has 0 aromatic rings. The summed E-state index contributed by atoms with van der Waals surface area (Å²) in [6, 6.07) is -0.0711. The van der Waals surface area contributed by atoms with E-state index in [9.17, 15) is 13.2 Å². The second-order valence-electron chi connectivity index (χ2n) is 6.25. The number of hydrogen-bond acceptors (Lipinski definition) is 4. The van der Waals surface area contributed by atoms with E-state index in [1.165, 1.54) is 0 Å². The zero-order valence-electron chi connectivity index (χ0n) is 13.2. The lowest BCUT2D eigenvalue weighted by Gasteiger charge is -2.33. The molecular weight excluding hydrogens is 306 g/mol. The number of nitrogens with one attached hydrogen (secondary N) is 2. The summed E-state index contributed by atoms with van der Waals surface area (Å²) in [5.74, 6) is 0.181. The minimum absolute atomic E-state index is 0.0711. The van der Waals surface area contributed by atoms with Gasteiger partial charge in [0.15, 0.2) is 0 Å². The Bertz CT molecular complexity index is 463. The SMILES string of the molecule is CS(=O)(=O)NCC1CCCN(C(=O)NCC2CCCCO2)C1. The van der Waals surface area contributed by atoms with Crippen LogP contribution in [0.2, 0.25) is 0 Å². The van der Waals surface area contributed by atoms with Crippen LogP contribution in [0.15, 0.2) is 0 Å². The van der Waals surface area contributed by atoms with Gasteiger partial charge in [-0.05, 0) is 38.0 Å². The Morgan fingerprint density at radius 3 is 2.73 bits per heavy atom. The van der Waals surface area contributed by atoms with E-state index in [-0.39, 0.29) is 18.1 Å². The van der Waals surface area contributed by atoms with Crippen LogP contribution in [0.1, 0.15) is 32.1 Å². The summed E-state index contributed by atoms with van der Waals surface area (Å²) in [5.41, 5.74) is 0. The number of carbonyl (C=O) groups is 1. The topological polar surface area (TPSA) is 87.7 Å². The molecule has 2 unspecified atom stereocenters. The van der Waals surface area contributed by atoms with Crippen molar-refractivity contribution in [3.8, 4) is 0 Å². The van der Waals surface area contributed by atoms with Gasteiger partial charge in [0.1, 0.15) is 0 Å². The van der Waals surface area contributed by atoms with Crippen LogP contribution in [-0.4, -0.2) is 64.5 Å². The molecule has 2 rings (SSSR count). The number of carbonyl (C=O) groups excluding carboxylic acids is 1. The molecule has 0 aromatic carbocycles. The van der Waals surface area contributed by atoms with Crippen molar-refractivity contribution in [2.75, 3.05) is 39.0 Å². The van der Waals surface area contributed by atoms with Crippen LogP contribution in [0.25, 0.3) is 0 Å². The number of amides is 2. The van der Waals surface area contributed by atoms with E-state index in [0.29, 0.717) is 19.6 Å². The van der Waals surface area contributed by atoms with E-state index in [1.54, 1.807) is 4.90 Å². The number of piperidine rings is 1. The molecule has 2 heterocycles. The third-order valence-electron chi connectivity index (χ3n) is 4.20. The zero-order chi connectivity index (χ0) is 16.0. The minimum Gasteiger partial charge on any atom is -0.376 e. The summed E-state index contributed by atoms with van der Waals surface area (Å²) in [4.78, 5) is 14.0. The molecule has 0 spiro atoms. The van der Waals surface area contributed by atoms with E-state index in [4.69, 9.17) is 4.74 Å². The monoisotopic (exact) mass is 333 g/mol. The highest BCUT2D eigenvalue weighted by atomic mass is 32.2. The molecule has 7 nitrogen and oxygen atoms in total. The average Bonchev–Trinajstić information content (AvgIpc) is 2.51. The summed E-state index contributed by atoms with van der Waals surface area (Å²) >= 11 is 0. The molecule has 2 fully saturated rings. The van der Waals surface area contributed by atoms with Gasteiger partial charge in [-0.1, -0.05) is 0 Å². The van der Waals surface area contributed by atoms with E-state index >= 15 is 0 Å². The standard InChI is InChI=1S/C14H27N3O4S/c1-22(19,20)16-9-12-5-4-7-17(11-12)14(18)15-10-13-6-2-3-8-21-13/h12-13,16H,2-11H2,1H3,(H,15,18). The Kier molecular flexibility index (Phi) is 6.46. The fourth-order valence-corrected chi connectivity index (χ4v) is 3.51. The number of nitrogens with zero attached hydrogens (tertiary/aromatic N) is 1. The number of urea groups is 1. The molecule has 0 aromatic heterocycles. The van der Waals surface area contributed by atoms with Crippen LogP contribution in [0.3, 0.4) is 0 Å². The number of likely N-dealkylation sites (tertiary alicyclic amines) is 1. The lowest BCUT2D eigenvalue weighted by atomic mass is 9.99. The minimum atomic E-state index is -3.17. The molecule has 22 heavy (non-hydrogen) atoms. The summed E-state index contributed by atoms with van der Waals surface area (Å²) < 4.78 is 30.4. The van der Waals surface area contributed by atoms with Crippen molar-refractivity contribution >= 4 is 16.1 Å². The molecule has 0 aliphatic carbocycles. The quantitative estimate of drug-likeness (QED) is 0.768. The predicted molar refractivity (Wildman–Crippen MR) is 84.1 cm³/mol. The number of rotatable bonds is 5. The van der Waals surface area contributed by atoms with Gasteiger partial charge in [0, 0.05) is 32.8 Å². The number of hydrogen-bond donors (Lipinski definition) is 2. The average molecular weight is 333 g/mol. The highest BCUT2D eigenvalue weighted by Crippen LogP contribution is 2.16. The Balaban J connectivity index is 1.72. The maximum Gasteiger partial charge on any atom is 0.317 e. The molecule has 0 bridgehead atoms. The smallest absolute Gasteiger partial charge is 0.317 e. The third-order valence-corrected chi connectivity index (χ3v) is 4.89. The van der Waals surface area contributed by atoms with Crippen LogP contribution in [-0.2, 0) is 14.8 Å². The molecule has 2 aliphatic rings. The van der Waals surface area contributed by atoms with Gasteiger partial charge in [0.25, 0.3) is 0 Å². The van der Waals surface area contributed by atoms with Crippen LogP contribution in [0, 0.1) is 5.92 Å². The Hall–Kier alpha value is -0.860. The van der Waals surface area contributed by atoms with Gasteiger partial charge < -0.3 is 15.0 Å². The third kappa shape index (κ3) is 6.10. The van der Waals surface area contributed by atoms with Crippen molar-refractivity contribution in [3.63, 3.8) is 0 Å². The maximum atomic E-state index is 12.2. The Morgan fingerprint density at radius 2 is 2.05 bits per heavy atom. The van der Waals surface area contributed by atoms with Crippen molar-refractivity contribution in [3.05, 3.63) is 0 Å². The molecule has 2 N–H and O–H groups in total. The Morgan fingerprint density at radius 1 is 1.23 bits per heavy atom. The van der Waals surface area contributed by atoms with Gasteiger partial charge in [-0.15, -0.1) is 0 Å². The second-order valence-corrected chi connectivity index (χ2v) is 8.08. The Labute approximate surface area is 132 Å². The summed E-state index contributed by atoms with van der Waals surface area (Å²) in [5, 5.41) is 2.94. The summed E-state index contributed by atoms with van der Waals surface area (Å²) in [7, 11) is -3.17. The maximum absolute atomic E-state index is 12.2. The summed E-state index contributed by atoms with van der Waals surface area (Å²) in [6.07, 6.45) is 6.40. The molecular formula is C14H27N3O4S. The molecule has 2 amide bonds. The summed E-state index contributed by atoms with van der Waals surface area (Å²) in [6.45, 7) is 3.06. The number of ether oxygens (including phenoxy) is 1.